The fourth-order valence-corrected chi connectivity index (χ4v) is 2.96. The average molecular weight is 415 g/mol. The fourth-order valence-electron chi connectivity index (χ4n) is 2.96. The molecule has 0 amide bonds. The topological polar surface area (TPSA) is 140 Å². The lowest BCUT2D eigenvalue weighted by atomic mass is 10.0. The highest BCUT2D eigenvalue weighted by molar-refractivity contribution is 5.62. The number of likely N-dealkylation sites (N-methyl/N-ethyl adjacent to an activating group) is 1. The quantitative estimate of drug-likeness (QED) is 0.193. The van der Waals surface area contributed by atoms with Crippen LogP contribution >= 0.6 is 0 Å². The zero-order valence-corrected chi connectivity index (χ0v) is 17.7. The standard InChI is InChI=1S/C21H38N2O6/c1-14(2)7-5-4-6-10-29-19-11-15(8-9-16(19)22)23(3)12-17(25)20(27)21(28)18(26)13-24/h8-9,11,14,17-18,20-21,24-28H,4-7,10,12-13,22H2,1-3H3. The molecule has 168 valence electrons. The molecule has 4 unspecified atom stereocenters. The van der Waals surface area contributed by atoms with Crippen molar-refractivity contribution < 1.29 is 30.3 Å². The van der Waals surface area contributed by atoms with Gasteiger partial charge in [0.25, 0.3) is 0 Å². The van der Waals surface area contributed by atoms with Crippen molar-refractivity contribution in [1.29, 1.82) is 0 Å². The molecule has 0 fully saturated rings. The Hall–Kier alpha value is -1.58. The number of unbranched alkanes of at least 4 members (excludes halogenated alkanes) is 2. The molecule has 1 aromatic carbocycles. The predicted octanol–water partition coefficient (Wildman–Crippen LogP) is 0.736. The molecule has 8 nitrogen and oxygen atoms in total. The zero-order valence-electron chi connectivity index (χ0n) is 17.7. The van der Waals surface area contributed by atoms with Gasteiger partial charge in [-0.1, -0.05) is 33.1 Å². The smallest absolute Gasteiger partial charge is 0.144 e. The van der Waals surface area contributed by atoms with Gasteiger partial charge >= 0.3 is 0 Å². The normalized spacial score (nSPS) is 15.8. The third-order valence-corrected chi connectivity index (χ3v) is 4.91. The van der Waals surface area contributed by atoms with Crippen LogP contribution in [0.25, 0.3) is 0 Å². The fraction of sp³-hybridized carbons (Fsp3) is 0.714. The van der Waals surface area contributed by atoms with Gasteiger partial charge in [-0.3, -0.25) is 0 Å². The Kier molecular flexibility index (Phi) is 11.3. The number of hydrogen-bond acceptors (Lipinski definition) is 8. The molecule has 7 N–H and O–H groups in total. The number of nitrogen functional groups attached to an aromatic ring is 1. The van der Waals surface area contributed by atoms with Crippen LogP contribution in [-0.2, 0) is 0 Å². The van der Waals surface area contributed by atoms with Crippen molar-refractivity contribution in [1.82, 2.24) is 0 Å². The molecule has 0 aliphatic rings. The highest BCUT2D eigenvalue weighted by Crippen LogP contribution is 2.28. The lowest BCUT2D eigenvalue weighted by Crippen LogP contribution is -2.49. The maximum absolute atomic E-state index is 10.2. The molecule has 4 atom stereocenters. The molecule has 0 radical (unpaired) electrons. The van der Waals surface area contributed by atoms with Gasteiger partial charge in [0.05, 0.1) is 25.0 Å². The average Bonchev–Trinajstić information content (AvgIpc) is 2.69. The minimum absolute atomic E-state index is 0.00502. The predicted molar refractivity (Wildman–Crippen MR) is 114 cm³/mol. The summed E-state index contributed by atoms with van der Waals surface area (Å²) in [6.07, 6.45) is -1.68. The summed E-state index contributed by atoms with van der Waals surface area (Å²) in [5.41, 5.74) is 7.23. The van der Waals surface area contributed by atoms with Gasteiger partial charge in [-0.2, -0.15) is 0 Å². The Morgan fingerprint density at radius 3 is 2.28 bits per heavy atom. The van der Waals surface area contributed by atoms with Crippen LogP contribution in [0.4, 0.5) is 11.4 Å². The van der Waals surface area contributed by atoms with Gasteiger partial charge in [-0.05, 0) is 24.5 Å². The second-order valence-corrected chi connectivity index (χ2v) is 7.99. The number of aliphatic hydroxyl groups is 5. The summed E-state index contributed by atoms with van der Waals surface area (Å²) >= 11 is 0. The van der Waals surface area contributed by atoms with Crippen molar-refractivity contribution in [2.45, 2.75) is 63.9 Å². The van der Waals surface area contributed by atoms with Crippen LogP contribution in [0.2, 0.25) is 0 Å². The third kappa shape index (κ3) is 8.76. The van der Waals surface area contributed by atoms with Gasteiger partial charge in [-0.15, -0.1) is 0 Å². The molecule has 8 heteroatoms. The van der Waals surface area contributed by atoms with E-state index in [1.807, 2.05) is 0 Å². The van der Waals surface area contributed by atoms with Gasteiger partial charge in [0.15, 0.2) is 0 Å². The van der Waals surface area contributed by atoms with E-state index < -0.39 is 31.0 Å². The van der Waals surface area contributed by atoms with Gasteiger partial charge in [-0.25, -0.2) is 0 Å². The SMILES string of the molecule is CC(C)CCCCCOc1cc(N(C)CC(O)C(O)C(O)C(O)CO)ccc1N. The molecule has 1 rings (SSSR count). The first-order chi connectivity index (χ1) is 13.7. The lowest BCUT2D eigenvalue weighted by Gasteiger charge is -2.29. The number of benzene rings is 1. The van der Waals surface area contributed by atoms with Crippen molar-refractivity contribution in [3.8, 4) is 5.75 Å². The maximum atomic E-state index is 10.2. The number of nitrogens with two attached hydrogens (primary N) is 1. The Morgan fingerprint density at radius 1 is 1.00 bits per heavy atom. The van der Waals surface area contributed by atoms with Crippen molar-refractivity contribution in [3.05, 3.63) is 18.2 Å². The molecule has 29 heavy (non-hydrogen) atoms. The van der Waals surface area contributed by atoms with Gasteiger partial charge in [0, 0.05) is 25.3 Å². The summed E-state index contributed by atoms with van der Waals surface area (Å²) in [5.74, 6) is 1.27. The zero-order chi connectivity index (χ0) is 22.0. The Bertz CT molecular complexity index is 586. The van der Waals surface area contributed by atoms with E-state index in [2.05, 4.69) is 13.8 Å². The van der Waals surface area contributed by atoms with E-state index in [0.717, 1.165) is 18.5 Å². The first-order valence-electron chi connectivity index (χ1n) is 10.2. The summed E-state index contributed by atoms with van der Waals surface area (Å²) in [5, 5.41) is 48.1. The van der Waals surface area contributed by atoms with Gasteiger partial charge in [0.1, 0.15) is 24.1 Å². The molecule has 0 aromatic heterocycles. The van der Waals surface area contributed by atoms with Crippen LogP contribution in [-0.4, -0.2) is 76.8 Å². The molecule has 0 spiro atoms. The number of hydrogen-bond donors (Lipinski definition) is 6. The van der Waals surface area contributed by atoms with E-state index in [9.17, 15) is 20.4 Å². The minimum Gasteiger partial charge on any atom is -0.491 e. The summed E-state index contributed by atoms with van der Waals surface area (Å²) < 4.78 is 5.81. The van der Waals surface area contributed by atoms with Crippen molar-refractivity contribution in [2.75, 3.05) is 37.4 Å². The maximum Gasteiger partial charge on any atom is 0.144 e. The van der Waals surface area contributed by atoms with Crippen LogP contribution in [0.15, 0.2) is 18.2 Å². The molecule has 0 saturated heterocycles. The van der Waals surface area contributed by atoms with Crippen molar-refractivity contribution in [2.24, 2.45) is 5.92 Å². The largest absolute Gasteiger partial charge is 0.491 e. The minimum atomic E-state index is -1.65. The molecular weight excluding hydrogens is 376 g/mol. The molecule has 0 saturated carbocycles. The highest BCUT2D eigenvalue weighted by atomic mass is 16.5. The molecule has 0 aliphatic carbocycles. The second-order valence-electron chi connectivity index (χ2n) is 7.99. The highest BCUT2D eigenvalue weighted by Gasteiger charge is 2.30. The van der Waals surface area contributed by atoms with Crippen LogP contribution in [0, 0.1) is 5.92 Å². The van der Waals surface area contributed by atoms with E-state index in [1.165, 1.54) is 12.8 Å². The number of nitrogens with zero attached hydrogens (tertiary/aromatic N) is 1. The van der Waals surface area contributed by atoms with E-state index >= 15 is 0 Å². The van der Waals surface area contributed by atoms with E-state index in [1.54, 1.807) is 30.1 Å². The van der Waals surface area contributed by atoms with Crippen LogP contribution < -0.4 is 15.4 Å². The molecule has 0 aliphatic heterocycles. The van der Waals surface area contributed by atoms with Crippen molar-refractivity contribution in [3.63, 3.8) is 0 Å². The van der Waals surface area contributed by atoms with Gasteiger partial charge < -0.3 is 40.9 Å². The van der Waals surface area contributed by atoms with E-state index in [-0.39, 0.29) is 6.54 Å². The second kappa shape index (κ2) is 12.9. The Morgan fingerprint density at radius 2 is 1.66 bits per heavy atom. The monoisotopic (exact) mass is 414 g/mol. The first-order valence-corrected chi connectivity index (χ1v) is 10.2. The van der Waals surface area contributed by atoms with E-state index in [0.29, 0.717) is 24.0 Å². The van der Waals surface area contributed by atoms with Crippen LogP contribution in [0.1, 0.15) is 39.5 Å². The Labute approximate surface area is 173 Å². The summed E-state index contributed by atoms with van der Waals surface area (Å²) in [6.45, 7) is 4.28. The van der Waals surface area contributed by atoms with Crippen molar-refractivity contribution >= 4 is 11.4 Å². The third-order valence-electron chi connectivity index (χ3n) is 4.91. The number of aliphatic hydroxyl groups excluding tert-OH is 5. The molecular formula is C21H38N2O6. The molecule has 0 bridgehead atoms. The van der Waals surface area contributed by atoms with E-state index in [4.69, 9.17) is 15.6 Å². The van der Waals surface area contributed by atoms with Crippen LogP contribution in [0.3, 0.4) is 0 Å². The molecule has 1 aromatic rings. The lowest BCUT2D eigenvalue weighted by molar-refractivity contribution is -0.112. The Balaban J connectivity index is 2.59. The van der Waals surface area contributed by atoms with Gasteiger partial charge in [0.2, 0.25) is 0 Å². The van der Waals surface area contributed by atoms with Crippen LogP contribution in [0.5, 0.6) is 5.75 Å². The number of rotatable bonds is 14. The first kappa shape index (κ1) is 25.5. The summed E-state index contributed by atoms with van der Waals surface area (Å²) in [7, 11) is 1.71. The number of ether oxygens (including phenoxy) is 1. The summed E-state index contributed by atoms with van der Waals surface area (Å²) in [6, 6.07) is 5.25. The molecule has 0 heterocycles. The summed E-state index contributed by atoms with van der Waals surface area (Å²) in [4.78, 5) is 1.68. The number of anilines is 2.